The Labute approximate surface area is 59.3 Å². The van der Waals surface area contributed by atoms with Gasteiger partial charge in [0.15, 0.2) is 0 Å². The van der Waals surface area contributed by atoms with E-state index < -0.39 is 5.83 Å². The molecule has 9 heavy (non-hydrogen) atoms. The average molecular weight is 147 g/mol. The minimum atomic E-state index is -0.450. The molecule has 0 fully saturated rings. The van der Waals surface area contributed by atoms with Crippen molar-refractivity contribution in [2.24, 2.45) is 0 Å². The molecule has 0 aliphatic carbocycles. The van der Waals surface area contributed by atoms with Gasteiger partial charge in [-0.3, -0.25) is 0 Å². The fourth-order valence-electron chi connectivity index (χ4n) is 0.321. The van der Waals surface area contributed by atoms with Gasteiger partial charge >= 0.3 is 0 Å². The van der Waals surface area contributed by atoms with Crippen LogP contribution in [0.3, 0.4) is 0 Å². The molecule has 0 aromatic heterocycles. The van der Waals surface area contributed by atoms with Crippen LogP contribution in [0.5, 0.6) is 0 Å². The Balaban J connectivity index is 4.19. The maximum absolute atomic E-state index is 12.4. The van der Waals surface area contributed by atoms with Crippen LogP contribution in [0, 0.1) is 0 Å². The summed E-state index contributed by atoms with van der Waals surface area (Å²) >= 11 is 5.36. The van der Waals surface area contributed by atoms with Gasteiger partial charge in [-0.05, 0) is 13.0 Å². The number of halogens is 2. The van der Waals surface area contributed by atoms with Crippen molar-refractivity contribution in [1.82, 2.24) is 0 Å². The molecule has 0 rings (SSSR count). The van der Waals surface area contributed by atoms with E-state index in [4.69, 9.17) is 11.6 Å². The van der Waals surface area contributed by atoms with Crippen LogP contribution in [0.1, 0.15) is 6.92 Å². The summed E-state index contributed by atoms with van der Waals surface area (Å²) in [7, 11) is 0. The maximum atomic E-state index is 12.4. The van der Waals surface area contributed by atoms with Gasteiger partial charge in [-0.25, -0.2) is 4.39 Å². The van der Waals surface area contributed by atoms with Gasteiger partial charge in [0, 0.05) is 0 Å². The summed E-state index contributed by atoms with van der Waals surface area (Å²) in [5.41, 5.74) is 0. The Morgan fingerprint density at radius 1 is 1.67 bits per heavy atom. The topological polar surface area (TPSA) is 0 Å². The lowest BCUT2D eigenvalue weighted by Gasteiger charge is -1.88. The Hall–Kier alpha value is -0.560. The zero-order valence-corrected chi connectivity index (χ0v) is 5.95. The van der Waals surface area contributed by atoms with Crippen molar-refractivity contribution in [3.8, 4) is 0 Å². The predicted octanol–water partition coefficient (Wildman–Crippen LogP) is 3.17. The highest BCUT2D eigenvalue weighted by Gasteiger charge is 1.94. The molecule has 0 N–H and O–H groups in total. The second-order valence-corrected chi connectivity index (χ2v) is 1.79. The molecule has 0 aromatic rings. The highest BCUT2D eigenvalue weighted by atomic mass is 35.5. The van der Waals surface area contributed by atoms with E-state index in [0.717, 1.165) is 0 Å². The molecule has 0 amide bonds. The van der Waals surface area contributed by atoms with E-state index in [2.05, 4.69) is 6.58 Å². The average Bonchev–Trinajstić information content (AvgIpc) is 1.87. The predicted molar refractivity (Wildman–Crippen MR) is 39.0 cm³/mol. The molecule has 0 heterocycles. The molecule has 0 spiro atoms. The third-order valence-electron chi connectivity index (χ3n) is 0.746. The van der Waals surface area contributed by atoms with Gasteiger partial charge < -0.3 is 0 Å². The summed E-state index contributed by atoms with van der Waals surface area (Å²) < 4.78 is 12.4. The SMILES string of the molecule is C=C/C=C(F)\C(Cl)=C/C. The van der Waals surface area contributed by atoms with Crippen molar-refractivity contribution in [2.45, 2.75) is 6.92 Å². The number of hydrogen-bond acceptors (Lipinski definition) is 0. The number of hydrogen-bond donors (Lipinski definition) is 0. The third-order valence-corrected chi connectivity index (χ3v) is 1.14. The molecule has 0 radical (unpaired) electrons. The van der Waals surface area contributed by atoms with Crippen LogP contribution in [0.15, 0.2) is 35.7 Å². The smallest absolute Gasteiger partial charge is 0.141 e. The quantitative estimate of drug-likeness (QED) is 0.525. The molecule has 0 saturated heterocycles. The van der Waals surface area contributed by atoms with Crippen molar-refractivity contribution in [2.75, 3.05) is 0 Å². The van der Waals surface area contributed by atoms with Crippen LogP contribution >= 0.6 is 11.6 Å². The van der Waals surface area contributed by atoms with Gasteiger partial charge in [0.25, 0.3) is 0 Å². The van der Waals surface area contributed by atoms with E-state index in [1.807, 2.05) is 0 Å². The zero-order chi connectivity index (χ0) is 7.28. The fraction of sp³-hybridized carbons (Fsp3) is 0.143. The summed E-state index contributed by atoms with van der Waals surface area (Å²) in [6.07, 6.45) is 4.04. The first-order chi connectivity index (χ1) is 4.22. The van der Waals surface area contributed by atoms with Crippen LogP contribution in [0.25, 0.3) is 0 Å². The van der Waals surface area contributed by atoms with E-state index in [1.165, 1.54) is 18.2 Å². The molecule has 0 unspecified atom stereocenters. The van der Waals surface area contributed by atoms with Crippen molar-refractivity contribution >= 4 is 11.6 Å². The molecule has 0 bridgehead atoms. The minimum absolute atomic E-state index is 0.120. The fourth-order valence-corrected chi connectivity index (χ4v) is 0.384. The Morgan fingerprint density at radius 3 is 2.56 bits per heavy atom. The molecule has 0 saturated carbocycles. The largest absolute Gasteiger partial charge is 0.205 e. The molecular formula is C7H8ClF. The summed E-state index contributed by atoms with van der Waals surface area (Å²) in [5, 5.41) is 0.120. The molecular weight excluding hydrogens is 139 g/mol. The summed E-state index contributed by atoms with van der Waals surface area (Å²) in [5.74, 6) is -0.450. The van der Waals surface area contributed by atoms with E-state index in [0.29, 0.717) is 0 Å². The van der Waals surface area contributed by atoms with Crippen molar-refractivity contribution in [3.63, 3.8) is 0 Å². The molecule has 0 aliphatic heterocycles. The number of allylic oxidation sites excluding steroid dienone is 5. The second kappa shape index (κ2) is 4.33. The maximum Gasteiger partial charge on any atom is 0.141 e. The monoisotopic (exact) mass is 146 g/mol. The van der Waals surface area contributed by atoms with E-state index >= 15 is 0 Å². The van der Waals surface area contributed by atoms with Crippen LogP contribution in [0.4, 0.5) is 4.39 Å². The molecule has 0 aliphatic rings. The van der Waals surface area contributed by atoms with Gasteiger partial charge in [0.2, 0.25) is 0 Å². The van der Waals surface area contributed by atoms with Crippen LogP contribution < -0.4 is 0 Å². The van der Waals surface area contributed by atoms with Crippen molar-refractivity contribution in [3.05, 3.63) is 35.7 Å². The van der Waals surface area contributed by atoms with Crippen molar-refractivity contribution < 1.29 is 4.39 Å². The normalized spacial score (nSPS) is 13.7. The first kappa shape index (κ1) is 8.44. The van der Waals surface area contributed by atoms with Gasteiger partial charge in [-0.2, -0.15) is 0 Å². The zero-order valence-electron chi connectivity index (χ0n) is 5.20. The number of rotatable bonds is 2. The Kier molecular flexibility index (Phi) is 4.06. The molecule has 50 valence electrons. The van der Waals surface area contributed by atoms with Gasteiger partial charge in [0.05, 0.1) is 5.03 Å². The highest BCUT2D eigenvalue weighted by molar-refractivity contribution is 6.31. The first-order valence-electron chi connectivity index (χ1n) is 2.52. The molecule has 0 nitrogen and oxygen atoms in total. The Bertz CT molecular complexity index is 156. The van der Waals surface area contributed by atoms with E-state index in [1.54, 1.807) is 6.92 Å². The van der Waals surface area contributed by atoms with Gasteiger partial charge in [-0.15, -0.1) is 0 Å². The first-order valence-corrected chi connectivity index (χ1v) is 2.90. The lowest BCUT2D eigenvalue weighted by molar-refractivity contribution is 0.662. The second-order valence-electron chi connectivity index (χ2n) is 1.39. The summed E-state index contributed by atoms with van der Waals surface area (Å²) in [6, 6.07) is 0. The van der Waals surface area contributed by atoms with E-state index in [-0.39, 0.29) is 5.03 Å². The van der Waals surface area contributed by atoms with Crippen LogP contribution in [0.2, 0.25) is 0 Å². The van der Waals surface area contributed by atoms with Crippen LogP contribution in [-0.4, -0.2) is 0 Å². The van der Waals surface area contributed by atoms with Gasteiger partial charge in [-0.1, -0.05) is 30.3 Å². The lowest BCUT2D eigenvalue weighted by atomic mass is 10.4. The van der Waals surface area contributed by atoms with Gasteiger partial charge in [0.1, 0.15) is 5.83 Å². The summed E-state index contributed by atoms with van der Waals surface area (Å²) in [4.78, 5) is 0. The minimum Gasteiger partial charge on any atom is -0.205 e. The van der Waals surface area contributed by atoms with Crippen LogP contribution in [-0.2, 0) is 0 Å². The molecule has 0 aromatic carbocycles. The van der Waals surface area contributed by atoms with Crippen molar-refractivity contribution in [1.29, 1.82) is 0 Å². The van der Waals surface area contributed by atoms with E-state index in [9.17, 15) is 4.39 Å². The standard InChI is InChI=1S/C7H8ClF/c1-3-5-7(9)6(8)4-2/h3-5H,1H2,2H3/b6-4+,7-5+. The lowest BCUT2D eigenvalue weighted by Crippen LogP contribution is -1.69. The molecule has 2 heteroatoms. The highest BCUT2D eigenvalue weighted by Crippen LogP contribution is 2.14. The third kappa shape index (κ3) is 3.09. The Morgan fingerprint density at radius 2 is 2.22 bits per heavy atom. The molecule has 0 atom stereocenters. The summed E-state index contributed by atoms with van der Waals surface area (Å²) in [6.45, 7) is 4.98.